The van der Waals surface area contributed by atoms with Gasteiger partial charge in [-0.15, -0.1) is 0 Å². The van der Waals surface area contributed by atoms with Gasteiger partial charge in [-0.25, -0.2) is 0 Å². The van der Waals surface area contributed by atoms with Gasteiger partial charge in [0.2, 0.25) is 5.91 Å². The summed E-state index contributed by atoms with van der Waals surface area (Å²) in [6.45, 7) is 3.69. The molecule has 3 heteroatoms. The highest BCUT2D eigenvalue weighted by atomic mass is 16.1. The summed E-state index contributed by atoms with van der Waals surface area (Å²) >= 11 is 0. The van der Waals surface area contributed by atoms with Crippen molar-refractivity contribution in [2.75, 3.05) is 13.1 Å². The van der Waals surface area contributed by atoms with Crippen molar-refractivity contribution in [3.8, 4) is 0 Å². The van der Waals surface area contributed by atoms with Crippen molar-refractivity contribution in [1.29, 1.82) is 0 Å². The van der Waals surface area contributed by atoms with Crippen molar-refractivity contribution in [3.63, 3.8) is 0 Å². The van der Waals surface area contributed by atoms with Crippen molar-refractivity contribution in [1.82, 2.24) is 5.32 Å². The lowest BCUT2D eigenvalue weighted by atomic mass is 9.81. The zero-order chi connectivity index (χ0) is 13.9. The normalized spacial score (nSPS) is 18.2. The minimum atomic E-state index is 0.242. The fraction of sp³-hybridized carbons (Fsp3) is 0.938. The maximum absolute atomic E-state index is 12.2. The Balaban J connectivity index is 2.30. The van der Waals surface area contributed by atoms with Gasteiger partial charge in [0.15, 0.2) is 0 Å². The molecule has 1 atom stereocenters. The van der Waals surface area contributed by atoms with Crippen molar-refractivity contribution in [2.24, 2.45) is 17.6 Å². The van der Waals surface area contributed by atoms with Crippen LogP contribution in [0.3, 0.4) is 0 Å². The average Bonchev–Trinajstić information content (AvgIpc) is 2.44. The summed E-state index contributed by atoms with van der Waals surface area (Å²) in [5, 5.41) is 3.10. The summed E-state index contributed by atoms with van der Waals surface area (Å²) in [5.74, 6) is 1.32. The smallest absolute Gasteiger partial charge is 0.223 e. The molecule has 0 bridgehead atoms. The first-order valence-corrected chi connectivity index (χ1v) is 8.25. The molecule has 3 N–H and O–H groups in total. The third kappa shape index (κ3) is 6.95. The Labute approximate surface area is 118 Å². The third-order valence-corrected chi connectivity index (χ3v) is 4.28. The predicted molar refractivity (Wildman–Crippen MR) is 80.9 cm³/mol. The van der Waals surface area contributed by atoms with Crippen LogP contribution in [0, 0.1) is 11.8 Å². The van der Waals surface area contributed by atoms with Crippen LogP contribution in [0.5, 0.6) is 0 Å². The summed E-state index contributed by atoms with van der Waals surface area (Å²) in [5.41, 5.74) is 5.46. The minimum absolute atomic E-state index is 0.242. The molecule has 112 valence electrons. The van der Waals surface area contributed by atoms with Gasteiger partial charge in [0.05, 0.1) is 0 Å². The molecule has 0 aromatic carbocycles. The molecule has 1 unspecified atom stereocenters. The lowest BCUT2D eigenvalue weighted by molar-refractivity contribution is -0.125. The van der Waals surface area contributed by atoms with Crippen LogP contribution < -0.4 is 11.1 Å². The molecule has 1 saturated carbocycles. The van der Waals surface area contributed by atoms with Crippen molar-refractivity contribution < 1.29 is 4.79 Å². The van der Waals surface area contributed by atoms with Gasteiger partial charge in [0.25, 0.3) is 0 Å². The second-order valence-electron chi connectivity index (χ2n) is 6.01. The van der Waals surface area contributed by atoms with E-state index in [2.05, 4.69) is 12.2 Å². The molecule has 0 saturated heterocycles. The summed E-state index contributed by atoms with van der Waals surface area (Å²) in [7, 11) is 0. The minimum Gasteiger partial charge on any atom is -0.356 e. The van der Waals surface area contributed by atoms with E-state index in [1.165, 1.54) is 32.1 Å². The second kappa shape index (κ2) is 10.2. The van der Waals surface area contributed by atoms with Crippen molar-refractivity contribution in [3.05, 3.63) is 0 Å². The highest BCUT2D eigenvalue weighted by Gasteiger charge is 2.23. The first-order chi connectivity index (χ1) is 9.27. The zero-order valence-electron chi connectivity index (χ0n) is 12.6. The highest BCUT2D eigenvalue weighted by molar-refractivity contribution is 5.78. The molecule has 0 spiro atoms. The highest BCUT2D eigenvalue weighted by Crippen LogP contribution is 2.30. The van der Waals surface area contributed by atoms with E-state index in [-0.39, 0.29) is 11.8 Å². The van der Waals surface area contributed by atoms with Crippen LogP contribution in [0.2, 0.25) is 0 Å². The lowest BCUT2D eigenvalue weighted by Gasteiger charge is -2.26. The van der Waals surface area contributed by atoms with Crippen molar-refractivity contribution in [2.45, 2.75) is 71.1 Å². The van der Waals surface area contributed by atoms with Gasteiger partial charge in [-0.05, 0) is 38.1 Å². The Morgan fingerprint density at radius 3 is 2.63 bits per heavy atom. The van der Waals surface area contributed by atoms with E-state index >= 15 is 0 Å². The molecule has 1 amide bonds. The Kier molecular flexibility index (Phi) is 8.89. The molecule has 0 aromatic rings. The van der Waals surface area contributed by atoms with Crippen LogP contribution >= 0.6 is 0 Å². The first-order valence-electron chi connectivity index (χ1n) is 8.25. The standard InChI is InChI=1S/C16H32N2O/c1-2-8-15(13-14-9-4-3-5-10-14)16(19)18-12-7-6-11-17/h14-15H,2-13,17H2,1H3,(H,18,19). The average molecular weight is 268 g/mol. The van der Waals surface area contributed by atoms with E-state index in [4.69, 9.17) is 5.73 Å². The number of amides is 1. The molecule has 19 heavy (non-hydrogen) atoms. The molecule has 1 fully saturated rings. The number of nitrogens with one attached hydrogen (secondary N) is 1. The van der Waals surface area contributed by atoms with Crippen molar-refractivity contribution >= 4 is 5.91 Å². The van der Waals surface area contributed by atoms with Crippen LogP contribution in [0.1, 0.15) is 71.1 Å². The van der Waals surface area contributed by atoms with Gasteiger partial charge in [-0.3, -0.25) is 4.79 Å². The topological polar surface area (TPSA) is 55.1 Å². The van der Waals surface area contributed by atoms with Crippen LogP contribution in [0.4, 0.5) is 0 Å². The molecule has 1 aliphatic rings. The van der Waals surface area contributed by atoms with Crippen LogP contribution in [-0.2, 0) is 4.79 Å². The Morgan fingerprint density at radius 1 is 1.26 bits per heavy atom. The molecule has 1 aliphatic carbocycles. The largest absolute Gasteiger partial charge is 0.356 e. The molecule has 3 nitrogen and oxygen atoms in total. The molecule has 0 radical (unpaired) electrons. The second-order valence-corrected chi connectivity index (χ2v) is 6.01. The van der Waals surface area contributed by atoms with Crippen LogP contribution in [-0.4, -0.2) is 19.0 Å². The molecule has 0 aromatic heterocycles. The maximum atomic E-state index is 12.2. The third-order valence-electron chi connectivity index (χ3n) is 4.28. The number of rotatable bonds is 9. The molecule has 0 aliphatic heterocycles. The van der Waals surface area contributed by atoms with E-state index in [1.54, 1.807) is 0 Å². The van der Waals surface area contributed by atoms with E-state index in [9.17, 15) is 4.79 Å². The maximum Gasteiger partial charge on any atom is 0.223 e. The molecule has 0 heterocycles. The number of nitrogens with two attached hydrogens (primary N) is 1. The Hall–Kier alpha value is -0.570. The van der Waals surface area contributed by atoms with Crippen LogP contribution in [0.15, 0.2) is 0 Å². The molecular weight excluding hydrogens is 236 g/mol. The number of carbonyl (C=O) groups excluding carboxylic acids is 1. The van der Waals surface area contributed by atoms with Gasteiger partial charge in [-0.1, -0.05) is 45.4 Å². The Bertz CT molecular complexity index is 237. The predicted octanol–water partition coefficient (Wildman–Crippen LogP) is 3.23. The number of carbonyl (C=O) groups is 1. The van der Waals surface area contributed by atoms with Gasteiger partial charge in [-0.2, -0.15) is 0 Å². The lowest BCUT2D eigenvalue weighted by Crippen LogP contribution is -2.33. The molecule has 1 rings (SSSR count). The van der Waals surface area contributed by atoms with Gasteiger partial charge >= 0.3 is 0 Å². The summed E-state index contributed by atoms with van der Waals surface area (Å²) in [6, 6.07) is 0. The van der Waals surface area contributed by atoms with Crippen LogP contribution in [0.25, 0.3) is 0 Å². The monoisotopic (exact) mass is 268 g/mol. The SMILES string of the molecule is CCCC(CC1CCCCC1)C(=O)NCCCCN. The van der Waals surface area contributed by atoms with E-state index in [0.29, 0.717) is 0 Å². The quantitative estimate of drug-likeness (QED) is 0.631. The van der Waals surface area contributed by atoms with E-state index < -0.39 is 0 Å². The zero-order valence-corrected chi connectivity index (χ0v) is 12.6. The van der Waals surface area contributed by atoms with Gasteiger partial charge in [0, 0.05) is 12.5 Å². The Morgan fingerprint density at radius 2 is 2.00 bits per heavy atom. The summed E-state index contributed by atoms with van der Waals surface area (Å²) in [6.07, 6.45) is 12.0. The number of unbranched alkanes of at least 4 members (excludes halogenated alkanes) is 1. The van der Waals surface area contributed by atoms with Gasteiger partial charge in [0.1, 0.15) is 0 Å². The molecular formula is C16H32N2O. The first kappa shape index (κ1) is 16.5. The summed E-state index contributed by atoms with van der Waals surface area (Å²) in [4.78, 5) is 12.2. The fourth-order valence-electron chi connectivity index (χ4n) is 3.15. The number of hydrogen-bond donors (Lipinski definition) is 2. The number of hydrogen-bond acceptors (Lipinski definition) is 2. The fourth-order valence-corrected chi connectivity index (χ4v) is 3.15. The summed E-state index contributed by atoms with van der Waals surface area (Å²) < 4.78 is 0. The van der Waals surface area contributed by atoms with E-state index in [1.807, 2.05) is 0 Å². The van der Waals surface area contributed by atoms with E-state index in [0.717, 1.165) is 51.1 Å². The van der Waals surface area contributed by atoms with Gasteiger partial charge < -0.3 is 11.1 Å².